The molecule has 0 aliphatic carbocycles. The highest BCUT2D eigenvalue weighted by atomic mass is 16.7. The largest absolute Gasteiger partial charge is 0.339 e. The average Bonchev–Trinajstić information content (AvgIpc) is 3.23. The van der Waals surface area contributed by atoms with Crippen molar-refractivity contribution >= 4 is 29.2 Å². The zero-order valence-corrected chi connectivity index (χ0v) is 18.3. The van der Waals surface area contributed by atoms with Crippen molar-refractivity contribution in [1.82, 2.24) is 4.90 Å². The number of benzene rings is 2. The molecule has 2 aromatic carbocycles. The predicted octanol–water partition coefficient (Wildman–Crippen LogP) is 3.63. The molecule has 0 unspecified atom stereocenters. The van der Waals surface area contributed by atoms with Crippen LogP contribution in [0.25, 0.3) is 0 Å². The van der Waals surface area contributed by atoms with Crippen molar-refractivity contribution in [2.24, 2.45) is 5.41 Å². The van der Waals surface area contributed by atoms with Crippen molar-refractivity contribution in [2.75, 3.05) is 10.4 Å². The standard InChI is InChI=1S/C25H25N3O4/c1-5-24(3,4)25-14-20-21(30)26-18-12-8-6-10-16(18)22(31)27(20)23(25)28(32-15(2)29)19-13-9-7-11-17(19)25/h5-13,20,23H,1,14H2,2-4H3,(H,26,30)/t20-,23+,25+/m1/s1. The monoisotopic (exact) mass is 431 g/mol. The zero-order chi connectivity index (χ0) is 22.8. The Morgan fingerprint density at radius 2 is 1.88 bits per heavy atom. The number of carbonyl (C=O) groups is 3. The van der Waals surface area contributed by atoms with Crippen LogP contribution in [0.5, 0.6) is 0 Å². The number of hydrogen-bond donors (Lipinski definition) is 1. The Morgan fingerprint density at radius 1 is 1.19 bits per heavy atom. The molecule has 32 heavy (non-hydrogen) atoms. The van der Waals surface area contributed by atoms with Gasteiger partial charge in [-0.15, -0.1) is 6.58 Å². The molecule has 1 fully saturated rings. The molecular formula is C25H25N3O4. The summed E-state index contributed by atoms with van der Waals surface area (Å²) in [5.41, 5.74) is 1.29. The van der Waals surface area contributed by atoms with Crippen LogP contribution in [0, 0.1) is 5.41 Å². The van der Waals surface area contributed by atoms with Gasteiger partial charge in [0.15, 0.2) is 6.17 Å². The Labute approximate surface area is 186 Å². The minimum absolute atomic E-state index is 0.253. The van der Waals surface area contributed by atoms with Crippen LogP contribution in [-0.2, 0) is 19.8 Å². The van der Waals surface area contributed by atoms with Gasteiger partial charge < -0.3 is 15.1 Å². The van der Waals surface area contributed by atoms with Gasteiger partial charge in [0, 0.05) is 6.92 Å². The third kappa shape index (κ3) is 2.45. The zero-order valence-electron chi connectivity index (χ0n) is 18.3. The van der Waals surface area contributed by atoms with E-state index in [1.807, 2.05) is 44.2 Å². The second-order valence-electron chi connectivity index (χ2n) is 9.16. The van der Waals surface area contributed by atoms with E-state index in [9.17, 15) is 14.4 Å². The van der Waals surface area contributed by atoms with Gasteiger partial charge in [-0.2, -0.15) is 5.06 Å². The van der Waals surface area contributed by atoms with Crippen molar-refractivity contribution in [3.05, 3.63) is 72.3 Å². The van der Waals surface area contributed by atoms with Crippen LogP contribution in [-0.4, -0.2) is 34.9 Å². The van der Waals surface area contributed by atoms with Crippen LogP contribution in [0.1, 0.15) is 43.1 Å². The Bertz CT molecular complexity index is 1170. The fourth-order valence-corrected chi connectivity index (χ4v) is 5.62. The highest BCUT2D eigenvalue weighted by Gasteiger charge is 2.69. The first-order chi connectivity index (χ1) is 15.2. The molecular weight excluding hydrogens is 406 g/mol. The number of hydroxylamine groups is 1. The third-order valence-electron chi connectivity index (χ3n) is 7.24. The number of amides is 2. The molecule has 3 atom stereocenters. The summed E-state index contributed by atoms with van der Waals surface area (Å²) in [6.45, 7) is 9.49. The van der Waals surface area contributed by atoms with Gasteiger partial charge in [0.2, 0.25) is 5.91 Å². The molecule has 3 heterocycles. The number of nitrogens with zero attached hydrogens (tertiary/aromatic N) is 2. The van der Waals surface area contributed by atoms with Crippen molar-refractivity contribution in [2.45, 2.75) is 44.8 Å². The molecule has 3 aliphatic heterocycles. The van der Waals surface area contributed by atoms with E-state index in [2.05, 4.69) is 11.9 Å². The van der Waals surface area contributed by atoms with Crippen LogP contribution in [0.2, 0.25) is 0 Å². The highest BCUT2D eigenvalue weighted by Crippen LogP contribution is 2.62. The smallest absolute Gasteiger partial charge is 0.329 e. The maximum atomic E-state index is 13.9. The number of para-hydroxylation sites is 2. The molecule has 7 heteroatoms. The lowest BCUT2D eigenvalue weighted by atomic mass is 9.60. The van der Waals surface area contributed by atoms with Crippen LogP contribution in [0.4, 0.5) is 11.4 Å². The van der Waals surface area contributed by atoms with Gasteiger partial charge in [0.1, 0.15) is 6.04 Å². The van der Waals surface area contributed by atoms with Crippen LogP contribution < -0.4 is 10.4 Å². The summed E-state index contributed by atoms with van der Waals surface area (Å²) in [6.07, 6.45) is 1.53. The summed E-state index contributed by atoms with van der Waals surface area (Å²) in [4.78, 5) is 46.7. The fourth-order valence-electron chi connectivity index (χ4n) is 5.62. The molecule has 0 spiro atoms. The number of fused-ring (bicyclic) bond motifs is 6. The number of rotatable bonds is 3. The third-order valence-corrected chi connectivity index (χ3v) is 7.24. The first-order valence-electron chi connectivity index (χ1n) is 10.7. The molecule has 3 aliphatic rings. The molecule has 7 nitrogen and oxygen atoms in total. The Morgan fingerprint density at radius 3 is 2.59 bits per heavy atom. The van der Waals surface area contributed by atoms with Crippen molar-refractivity contribution in [3.63, 3.8) is 0 Å². The number of anilines is 2. The fraction of sp³-hybridized carbons (Fsp3) is 0.320. The van der Waals surface area contributed by atoms with E-state index in [-0.39, 0.29) is 11.8 Å². The minimum Gasteiger partial charge on any atom is -0.339 e. The van der Waals surface area contributed by atoms with E-state index in [0.717, 1.165) is 5.56 Å². The van der Waals surface area contributed by atoms with Gasteiger partial charge in [0.05, 0.1) is 22.4 Å². The summed E-state index contributed by atoms with van der Waals surface area (Å²) < 4.78 is 0. The summed E-state index contributed by atoms with van der Waals surface area (Å²) >= 11 is 0. The van der Waals surface area contributed by atoms with Crippen LogP contribution in [0.3, 0.4) is 0 Å². The second kappa shape index (κ2) is 6.69. The lowest BCUT2D eigenvalue weighted by molar-refractivity contribution is -0.145. The summed E-state index contributed by atoms with van der Waals surface area (Å²) in [7, 11) is 0. The van der Waals surface area contributed by atoms with E-state index in [1.54, 1.807) is 29.2 Å². The average molecular weight is 431 g/mol. The quantitative estimate of drug-likeness (QED) is 0.751. The van der Waals surface area contributed by atoms with E-state index < -0.39 is 29.0 Å². The maximum Gasteiger partial charge on any atom is 0.329 e. The molecule has 0 saturated carbocycles. The molecule has 164 valence electrons. The van der Waals surface area contributed by atoms with Crippen molar-refractivity contribution < 1.29 is 19.2 Å². The molecule has 0 aromatic heterocycles. The Kier molecular flexibility index (Phi) is 4.25. The normalized spacial score (nSPS) is 25.8. The number of hydrogen-bond acceptors (Lipinski definition) is 5. The van der Waals surface area contributed by atoms with Gasteiger partial charge in [0.25, 0.3) is 5.91 Å². The van der Waals surface area contributed by atoms with Gasteiger partial charge in [-0.25, -0.2) is 0 Å². The van der Waals surface area contributed by atoms with Gasteiger partial charge in [-0.1, -0.05) is 50.3 Å². The number of carbonyl (C=O) groups excluding carboxylic acids is 3. The van der Waals surface area contributed by atoms with Crippen molar-refractivity contribution in [3.8, 4) is 0 Å². The summed E-state index contributed by atoms with van der Waals surface area (Å²) in [5.74, 6) is -1.03. The highest BCUT2D eigenvalue weighted by molar-refractivity contribution is 6.10. The second-order valence-corrected chi connectivity index (χ2v) is 9.16. The van der Waals surface area contributed by atoms with E-state index >= 15 is 0 Å². The summed E-state index contributed by atoms with van der Waals surface area (Å²) in [6, 6.07) is 13.9. The predicted molar refractivity (Wildman–Crippen MR) is 120 cm³/mol. The number of nitrogens with one attached hydrogen (secondary N) is 1. The van der Waals surface area contributed by atoms with Crippen molar-refractivity contribution in [1.29, 1.82) is 0 Å². The molecule has 1 N–H and O–H groups in total. The van der Waals surface area contributed by atoms with Crippen LogP contribution in [0.15, 0.2) is 61.2 Å². The lowest BCUT2D eigenvalue weighted by Crippen LogP contribution is -2.57. The van der Waals surface area contributed by atoms with Gasteiger partial charge >= 0.3 is 5.97 Å². The molecule has 2 aromatic rings. The maximum absolute atomic E-state index is 13.9. The Hall–Kier alpha value is -3.61. The van der Waals surface area contributed by atoms with Gasteiger partial charge in [-0.05, 0) is 35.6 Å². The minimum atomic E-state index is -0.731. The number of allylic oxidation sites excluding steroid dienone is 1. The van der Waals surface area contributed by atoms with E-state index in [0.29, 0.717) is 23.4 Å². The summed E-state index contributed by atoms with van der Waals surface area (Å²) in [5, 5.41) is 4.44. The lowest BCUT2D eigenvalue weighted by Gasteiger charge is -2.44. The first kappa shape index (κ1) is 20.3. The topological polar surface area (TPSA) is 79.0 Å². The molecule has 0 bridgehead atoms. The molecule has 0 radical (unpaired) electrons. The molecule has 5 rings (SSSR count). The molecule has 2 amide bonds. The van der Waals surface area contributed by atoms with E-state index in [4.69, 9.17) is 4.84 Å². The van der Waals surface area contributed by atoms with E-state index in [1.165, 1.54) is 12.0 Å². The Balaban J connectivity index is 1.79. The first-order valence-corrected chi connectivity index (χ1v) is 10.7. The van der Waals surface area contributed by atoms with Crippen LogP contribution >= 0.6 is 0 Å². The SMILES string of the molecule is C=CC(C)(C)[C@]12C[C@@H]3C(=O)Nc4ccccc4C(=O)N3[C@H]1N(OC(C)=O)c1ccccc12. The van der Waals surface area contributed by atoms with Gasteiger partial charge in [-0.3, -0.25) is 14.4 Å². The molecule has 1 saturated heterocycles.